The second kappa shape index (κ2) is 7.84. The van der Waals surface area contributed by atoms with E-state index in [4.69, 9.17) is 9.84 Å². The first-order valence-electron chi connectivity index (χ1n) is 7.90. The summed E-state index contributed by atoms with van der Waals surface area (Å²) in [6.45, 7) is 0. The first-order chi connectivity index (χ1) is 13.0. The Labute approximate surface area is 157 Å². The Kier molecular flexibility index (Phi) is 5.33. The molecular weight excluding hydrogens is 366 g/mol. The first-order valence-corrected chi connectivity index (χ1v) is 8.72. The molecule has 2 aromatic carbocycles. The van der Waals surface area contributed by atoms with Gasteiger partial charge in [-0.05, 0) is 48.0 Å². The van der Waals surface area contributed by atoms with Gasteiger partial charge in [0.1, 0.15) is 5.75 Å². The summed E-state index contributed by atoms with van der Waals surface area (Å²) in [5, 5.41) is 8.91. The van der Waals surface area contributed by atoms with Crippen LogP contribution >= 0.6 is 11.3 Å². The molecule has 27 heavy (non-hydrogen) atoms. The van der Waals surface area contributed by atoms with E-state index in [1.165, 1.54) is 18.2 Å². The Balaban J connectivity index is 1.90. The van der Waals surface area contributed by atoms with Gasteiger partial charge in [0.15, 0.2) is 5.78 Å². The quantitative estimate of drug-likeness (QED) is 0.655. The molecule has 1 heterocycles. The van der Waals surface area contributed by atoms with Gasteiger partial charge >= 0.3 is 5.97 Å². The van der Waals surface area contributed by atoms with Crippen LogP contribution in [0.4, 0.5) is 0 Å². The highest BCUT2D eigenvalue weighted by atomic mass is 32.1. The highest BCUT2D eigenvalue weighted by Gasteiger charge is 2.04. The summed E-state index contributed by atoms with van der Waals surface area (Å²) in [4.78, 5) is 38.0. The minimum Gasteiger partial charge on any atom is -0.497 e. The van der Waals surface area contributed by atoms with Crippen LogP contribution in [0, 0.1) is 0 Å². The predicted octanol–water partition coefficient (Wildman–Crippen LogP) is 1.64. The van der Waals surface area contributed by atoms with Crippen molar-refractivity contribution in [1.82, 2.24) is 4.98 Å². The van der Waals surface area contributed by atoms with Gasteiger partial charge in [-0.15, -0.1) is 11.3 Å². The topological polar surface area (TPSA) is 96.5 Å². The van der Waals surface area contributed by atoms with Crippen molar-refractivity contribution in [1.29, 1.82) is 0 Å². The minimum atomic E-state index is -1.01. The molecule has 0 aliphatic rings. The van der Waals surface area contributed by atoms with E-state index >= 15 is 0 Å². The number of benzene rings is 2. The number of Topliss-reactive ketones (excluding diaryl/α,β-unsaturated/α-hetero) is 1. The molecule has 3 aromatic rings. The zero-order chi connectivity index (χ0) is 19.4. The van der Waals surface area contributed by atoms with Gasteiger partial charge in [0.25, 0.3) is 5.56 Å². The van der Waals surface area contributed by atoms with Crippen LogP contribution in [-0.2, 0) is 0 Å². The van der Waals surface area contributed by atoms with Crippen LogP contribution in [0.5, 0.6) is 5.75 Å². The maximum Gasteiger partial charge on any atom is 0.335 e. The second-order valence-electron chi connectivity index (χ2n) is 5.59. The Hall–Kier alpha value is -3.45. The average Bonchev–Trinajstić information content (AvgIpc) is 3.01. The highest BCUT2D eigenvalue weighted by molar-refractivity contribution is 7.07. The average molecular weight is 381 g/mol. The number of ketones is 1. The number of hydrogen-bond acceptors (Lipinski definition) is 5. The summed E-state index contributed by atoms with van der Waals surface area (Å²) < 4.78 is 5.92. The smallest absolute Gasteiger partial charge is 0.335 e. The number of rotatable bonds is 5. The first kappa shape index (κ1) is 18.3. The summed E-state index contributed by atoms with van der Waals surface area (Å²) in [5.41, 5.74) is 1.04. The van der Waals surface area contributed by atoms with E-state index in [1.54, 1.807) is 49.6 Å². The minimum absolute atomic E-state index is 0.173. The molecule has 3 rings (SSSR count). The molecule has 1 aromatic heterocycles. The SMILES string of the molecule is COc1ccc(C(=O)/C=c2/[nH]c(=O)/c(=C/c3ccc(C(=O)O)cc3)s2)cc1. The van der Waals surface area contributed by atoms with Gasteiger partial charge < -0.3 is 14.8 Å². The summed E-state index contributed by atoms with van der Waals surface area (Å²) in [6.07, 6.45) is 3.02. The maximum atomic E-state index is 12.3. The number of hydrogen-bond donors (Lipinski definition) is 2. The molecule has 0 saturated carbocycles. The number of aromatic carboxylic acids is 1. The fourth-order valence-corrected chi connectivity index (χ4v) is 3.24. The van der Waals surface area contributed by atoms with Crippen LogP contribution in [-0.4, -0.2) is 29.0 Å². The molecule has 6 nitrogen and oxygen atoms in total. The number of carbonyl (C=O) groups is 2. The number of thiazole rings is 1. The molecule has 0 aliphatic carbocycles. The molecule has 0 aliphatic heterocycles. The van der Waals surface area contributed by atoms with Gasteiger partial charge in [-0.3, -0.25) is 9.59 Å². The van der Waals surface area contributed by atoms with Gasteiger partial charge in [-0.2, -0.15) is 0 Å². The van der Waals surface area contributed by atoms with E-state index in [0.717, 1.165) is 11.3 Å². The number of carbonyl (C=O) groups excluding carboxylic acids is 1. The van der Waals surface area contributed by atoms with E-state index in [9.17, 15) is 14.4 Å². The van der Waals surface area contributed by atoms with E-state index < -0.39 is 5.97 Å². The van der Waals surface area contributed by atoms with Gasteiger partial charge in [0.2, 0.25) is 0 Å². The number of nitrogens with one attached hydrogen (secondary N) is 1. The van der Waals surface area contributed by atoms with Crippen molar-refractivity contribution in [2.24, 2.45) is 0 Å². The van der Waals surface area contributed by atoms with Gasteiger partial charge in [-0.25, -0.2) is 4.79 Å². The van der Waals surface area contributed by atoms with Crippen molar-refractivity contribution in [2.75, 3.05) is 7.11 Å². The van der Waals surface area contributed by atoms with Crippen molar-refractivity contribution >= 4 is 35.2 Å². The fraction of sp³-hybridized carbons (Fsp3) is 0.0500. The molecule has 7 heteroatoms. The Morgan fingerprint density at radius 1 is 1.04 bits per heavy atom. The number of H-pyrrole nitrogens is 1. The molecule has 0 radical (unpaired) electrons. The van der Waals surface area contributed by atoms with Crippen LogP contribution < -0.4 is 19.5 Å². The largest absolute Gasteiger partial charge is 0.497 e. The van der Waals surface area contributed by atoms with Crippen LogP contribution in [0.25, 0.3) is 12.2 Å². The number of aromatic nitrogens is 1. The van der Waals surface area contributed by atoms with E-state index in [2.05, 4.69) is 4.98 Å². The van der Waals surface area contributed by atoms with Crippen molar-refractivity contribution in [2.45, 2.75) is 0 Å². The molecular formula is C20H15NO5S. The third-order valence-electron chi connectivity index (χ3n) is 3.77. The zero-order valence-electron chi connectivity index (χ0n) is 14.3. The number of carboxylic acid groups (broad SMARTS) is 1. The highest BCUT2D eigenvalue weighted by Crippen LogP contribution is 2.12. The van der Waals surface area contributed by atoms with Gasteiger partial charge in [0.05, 0.1) is 21.9 Å². The lowest BCUT2D eigenvalue weighted by Gasteiger charge is -1.99. The van der Waals surface area contributed by atoms with E-state index in [1.807, 2.05) is 0 Å². The molecule has 2 N–H and O–H groups in total. The van der Waals surface area contributed by atoms with Crippen LogP contribution in [0.1, 0.15) is 26.3 Å². The molecule has 136 valence electrons. The van der Waals surface area contributed by atoms with Crippen molar-refractivity contribution in [3.63, 3.8) is 0 Å². The summed E-state index contributed by atoms with van der Waals surface area (Å²) >= 11 is 1.15. The standard InChI is InChI=1S/C20H15NO5S/c1-26-15-8-6-13(7-9-15)16(22)11-18-21-19(23)17(27-18)10-12-2-4-14(5-3-12)20(24)25/h2-11H,1H3,(H,21,23)(H,24,25)/b17-10-,18-11-. The molecule has 0 fully saturated rings. The normalized spacial score (nSPS) is 12.2. The van der Waals surface area contributed by atoms with Crippen LogP contribution in [0.2, 0.25) is 0 Å². The van der Waals surface area contributed by atoms with E-state index in [0.29, 0.717) is 26.1 Å². The third kappa shape index (κ3) is 4.39. The lowest BCUT2D eigenvalue weighted by Crippen LogP contribution is -2.20. The summed E-state index contributed by atoms with van der Waals surface area (Å²) in [5.74, 6) is -0.584. The second-order valence-corrected chi connectivity index (χ2v) is 6.68. The Morgan fingerprint density at radius 2 is 1.67 bits per heavy atom. The fourth-order valence-electron chi connectivity index (χ4n) is 2.36. The third-order valence-corrected chi connectivity index (χ3v) is 4.74. The molecule has 0 amide bonds. The number of ether oxygens (including phenoxy) is 1. The molecule has 0 spiro atoms. The van der Waals surface area contributed by atoms with Crippen LogP contribution in [0.3, 0.4) is 0 Å². The van der Waals surface area contributed by atoms with Crippen molar-refractivity contribution < 1.29 is 19.4 Å². The van der Waals surface area contributed by atoms with E-state index in [-0.39, 0.29) is 16.9 Å². The summed E-state index contributed by atoms with van der Waals surface area (Å²) in [6, 6.07) is 12.9. The lowest BCUT2D eigenvalue weighted by atomic mass is 10.1. The molecule has 0 saturated heterocycles. The van der Waals surface area contributed by atoms with Crippen molar-refractivity contribution in [3.8, 4) is 5.75 Å². The number of carboxylic acids is 1. The molecule has 0 bridgehead atoms. The van der Waals surface area contributed by atoms with Crippen LogP contribution in [0.15, 0.2) is 53.3 Å². The molecule has 0 unspecified atom stereocenters. The zero-order valence-corrected chi connectivity index (χ0v) is 15.1. The number of aromatic amines is 1. The maximum absolute atomic E-state index is 12.3. The molecule has 0 atom stereocenters. The van der Waals surface area contributed by atoms with Gasteiger partial charge in [0, 0.05) is 11.6 Å². The predicted molar refractivity (Wildman–Crippen MR) is 103 cm³/mol. The van der Waals surface area contributed by atoms with Crippen molar-refractivity contribution in [3.05, 3.63) is 84.8 Å². The lowest BCUT2D eigenvalue weighted by molar-refractivity contribution is 0.0696. The summed E-state index contributed by atoms with van der Waals surface area (Å²) in [7, 11) is 1.55. The Bertz CT molecular complexity index is 1150. The van der Waals surface area contributed by atoms with Gasteiger partial charge in [-0.1, -0.05) is 12.1 Å². The number of methoxy groups -OCH3 is 1. The Morgan fingerprint density at radius 3 is 2.26 bits per heavy atom. The monoisotopic (exact) mass is 381 g/mol.